The summed E-state index contributed by atoms with van der Waals surface area (Å²) >= 11 is 0. The van der Waals surface area contributed by atoms with Gasteiger partial charge >= 0.3 is 0 Å². The number of benzene rings is 1. The molecule has 0 bridgehead atoms. The summed E-state index contributed by atoms with van der Waals surface area (Å²) in [6, 6.07) is 12.9. The van der Waals surface area contributed by atoms with Crippen LogP contribution in [0, 0.1) is 6.07 Å². The van der Waals surface area contributed by atoms with E-state index in [1.807, 2.05) is 6.07 Å². The van der Waals surface area contributed by atoms with Crippen molar-refractivity contribution in [3.63, 3.8) is 0 Å². The molecule has 3 heteroatoms. The molecule has 0 fully saturated rings. The predicted octanol–water partition coefficient (Wildman–Crippen LogP) is 2.82. The standard InChI is InChI=1S/C11H7NO2/c13-10-7-4-8-12-11(10)14-9-5-2-1-3-6-9/h1-5,7-8H. The van der Waals surface area contributed by atoms with E-state index < -0.39 is 0 Å². The summed E-state index contributed by atoms with van der Waals surface area (Å²) in [6.45, 7) is 0. The average molecular weight is 185 g/mol. The highest BCUT2D eigenvalue weighted by Gasteiger charge is 2.04. The number of ether oxygens (including phenoxy) is 1. The smallest absolute Gasteiger partial charge is 0.267 e. The number of pyridine rings is 1. The molecular weight excluding hydrogens is 178 g/mol. The molecule has 0 N–H and O–H groups in total. The van der Waals surface area contributed by atoms with Crippen LogP contribution < -0.4 is 4.74 Å². The van der Waals surface area contributed by atoms with Crippen LogP contribution in [0.3, 0.4) is 0 Å². The maximum absolute atomic E-state index is 11.2. The van der Waals surface area contributed by atoms with Gasteiger partial charge in [-0.2, -0.15) is 0 Å². The van der Waals surface area contributed by atoms with E-state index in [1.165, 1.54) is 12.3 Å². The summed E-state index contributed by atoms with van der Waals surface area (Å²) in [4.78, 5) is 3.82. The highest BCUT2D eigenvalue weighted by atomic mass is 16.5. The largest absolute Gasteiger partial charge is 0.435 e. The molecule has 2 aromatic rings. The van der Waals surface area contributed by atoms with E-state index in [-0.39, 0.29) is 11.6 Å². The maximum Gasteiger partial charge on any atom is 0.267 e. The number of hydrogen-bond acceptors (Lipinski definition) is 2. The van der Waals surface area contributed by atoms with Gasteiger partial charge in [0.05, 0.1) is 0 Å². The topological polar surface area (TPSA) is 42.0 Å². The van der Waals surface area contributed by atoms with Crippen molar-refractivity contribution in [1.82, 2.24) is 4.98 Å². The van der Waals surface area contributed by atoms with Gasteiger partial charge in [0, 0.05) is 12.3 Å². The zero-order chi connectivity index (χ0) is 9.80. The first-order chi connectivity index (χ1) is 6.86. The Morgan fingerprint density at radius 1 is 1.21 bits per heavy atom. The van der Waals surface area contributed by atoms with Crippen LogP contribution in [0.15, 0.2) is 42.6 Å². The molecule has 3 nitrogen and oxygen atoms in total. The first kappa shape index (κ1) is 8.56. The van der Waals surface area contributed by atoms with Crippen molar-refractivity contribution in [2.75, 3.05) is 0 Å². The van der Waals surface area contributed by atoms with Crippen LogP contribution in [0.5, 0.6) is 17.4 Å². The molecular formula is C11H7NO2. The zero-order valence-corrected chi connectivity index (χ0v) is 7.31. The molecule has 14 heavy (non-hydrogen) atoms. The van der Waals surface area contributed by atoms with Crippen molar-refractivity contribution in [3.8, 4) is 17.4 Å². The van der Waals surface area contributed by atoms with Crippen LogP contribution in [0.25, 0.3) is 0 Å². The molecule has 0 amide bonds. The lowest BCUT2D eigenvalue weighted by Crippen LogP contribution is -1.86. The Balaban J connectivity index is 2.24. The Labute approximate surface area is 81.6 Å². The fraction of sp³-hybridized carbons (Fsp3) is 0. The van der Waals surface area contributed by atoms with Gasteiger partial charge in [-0.15, -0.1) is 0 Å². The number of aromatic nitrogens is 1. The molecule has 68 valence electrons. The second kappa shape index (κ2) is 3.79. The third kappa shape index (κ3) is 1.82. The highest BCUT2D eigenvalue weighted by Crippen LogP contribution is 2.27. The van der Waals surface area contributed by atoms with Crippen molar-refractivity contribution >= 4 is 0 Å². The number of para-hydroxylation sites is 1. The molecule has 1 aromatic heterocycles. The molecule has 0 aliphatic rings. The molecule has 0 aliphatic heterocycles. The van der Waals surface area contributed by atoms with Gasteiger partial charge in [-0.3, -0.25) is 5.11 Å². The van der Waals surface area contributed by atoms with E-state index in [0.717, 1.165) is 0 Å². The number of hydrogen-bond donors (Lipinski definition) is 0. The minimum absolute atomic E-state index is 0.0787. The third-order valence-electron chi connectivity index (χ3n) is 1.62. The molecule has 0 aliphatic carbocycles. The van der Waals surface area contributed by atoms with Crippen LogP contribution >= 0.6 is 0 Å². The number of rotatable bonds is 2. The first-order valence-electron chi connectivity index (χ1n) is 4.13. The Bertz CT molecular complexity index is 415. The Morgan fingerprint density at radius 2 is 2.14 bits per heavy atom. The molecule has 1 heterocycles. The zero-order valence-electron chi connectivity index (χ0n) is 7.31. The summed E-state index contributed by atoms with van der Waals surface area (Å²) in [7, 11) is 0. The molecule has 0 unspecified atom stereocenters. The monoisotopic (exact) mass is 185 g/mol. The van der Waals surface area contributed by atoms with Gasteiger partial charge in [-0.05, 0) is 18.2 Å². The molecule has 2 rings (SSSR count). The van der Waals surface area contributed by atoms with E-state index in [2.05, 4.69) is 11.1 Å². The van der Waals surface area contributed by atoms with Crippen molar-refractivity contribution in [3.05, 3.63) is 48.7 Å². The summed E-state index contributed by atoms with van der Waals surface area (Å²) in [6.07, 6.45) is 1.51. The molecule has 0 spiro atoms. The summed E-state index contributed by atoms with van der Waals surface area (Å²) in [5.41, 5.74) is 0. The van der Waals surface area contributed by atoms with Crippen molar-refractivity contribution in [2.24, 2.45) is 0 Å². The fourth-order valence-corrected chi connectivity index (χ4v) is 0.997. The Kier molecular flexibility index (Phi) is 2.32. The quantitative estimate of drug-likeness (QED) is 0.721. The minimum atomic E-state index is -0.232. The molecule has 0 atom stereocenters. The normalized spacial score (nSPS) is 9.71. The summed E-state index contributed by atoms with van der Waals surface area (Å²) < 4.78 is 5.23. The van der Waals surface area contributed by atoms with Crippen LogP contribution in [-0.2, 0) is 5.11 Å². The third-order valence-corrected chi connectivity index (χ3v) is 1.62. The van der Waals surface area contributed by atoms with Gasteiger partial charge in [0.25, 0.3) is 5.88 Å². The van der Waals surface area contributed by atoms with E-state index >= 15 is 0 Å². The predicted molar refractivity (Wildman–Crippen MR) is 49.7 cm³/mol. The van der Waals surface area contributed by atoms with Crippen molar-refractivity contribution in [1.29, 1.82) is 0 Å². The van der Waals surface area contributed by atoms with Crippen LogP contribution in [0.1, 0.15) is 0 Å². The molecule has 1 aromatic carbocycles. The molecule has 0 saturated carbocycles. The average Bonchev–Trinajstić information content (AvgIpc) is 2.23. The summed E-state index contributed by atoms with van der Waals surface area (Å²) in [5, 5.41) is 11.2. The van der Waals surface area contributed by atoms with E-state index in [0.29, 0.717) is 5.75 Å². The lowest BCUT2D eigenvalue weighted by atomic mass is 10.3. The minimum Gasteiger partial charge on any atom is -0.435 e. The highest BCUT2D eigenvalue weighted by molar-refractivity contribution is 5.34. The van der Waals surface area contributed by atoms with Gasteiger partial charge in [-0.25, -0.2) is 4.98 Å². The van der Waals surface area contributed by atoms with Gasteiger partial charge in [0.1, 0.15) is 5.75 Å². The van der Waals surface area contributed by atoms with Crippen LogP contribution in [0.4, 0.5) is 0 Å². The van der Waals surface area contributed by atoms with E-state index in [1.54, 1.807) is 24.3 Å². The maximum atomic E-state index is 11.2. The lowest BCUT2D eigenvalue weighted by Gasteiger charge is -2.02. The van der Waals surface area contributed by atoms with Crippen molar-refractivity contribution < 1.29 is 9.84 Å². The van der Waals surface area contributed by atoms with Crippen LogP contribution in [0.2, 0.25) is 0 Å². The Hall–Kier alpha value is -2.03. The molecule has 2 radical (unpaired) electrons. The van der Waals surface area contributed by atoms with E-state index in [9.17, 15) is 5.11 Å². The van der Waals surface area contributed by atoms with Crippen LogP contribution in [-0.4, -0.2) is 4.98 Å². The summed E-state index contributed by atoms with van der Waals surface area (Å²) in [5.74, 6) is 0.336. The van der Waals surface area contributed by atoms with Crippen molar-refractivity contribution in [2.45, 2.75) is 0 Å². The van der Waals surface area contributed by atoms with Gasteiger partial charge in [-0.1, -0.05) is 18.2 Å². The van der Waals surface area contributed by atoms with Gasteiger partial charge in [0.15, 0.2) is 0 Å². The Morgan fingerprint density at radius 3 is 2.86 bits per heavy atom. The SMILES string of the molecule is [O]c1cccnc1Oc1[c]cccc1. The second-order valence-electron chi connectivity index (χ2n) is 2.64. The van der Waals surface area contributed by atoms with Gasteiger partial charge < -0.3 is 4.74 Å². The number of nitrogens with zero attached hydrogens (tertiary/aromatic N) is 1. The lowest BCUT2D eigenvalue weighted by molar-refractivity contribution is 0.322. The van der Waals surface area contributed by atoms with E-state index in [4.69, 9.17) is 4.74 Å². The molecule has 0 saturated heterocycles. The van der Waals surface area contributed by atoms with Gasteiger partial charge in [0.2, 0.25) is 5.75 Å². The fourth-order valence-electron chi connectivity index (χ4n) is 0.997. The second-order valence-corrected chi connectivity index (χ2v) is 2.64. The first-order valence-corrected chi connectivity index (χ1v) is 4.13.